The molecule has 1 fully saturated rings. The molecular formula is C15H27N3S. The summed E-state index contributed by atoms with van der Waals surface area (Å²) in [5.74, 6) is 0.757. The topological polar surface area (TPSA) is 32.5 Å². The third-order valence-corrected chi connectivity index (χ3v) is 4.70. The first-order chi connectivity index (χ1) is 9.08. The lowest BCUT2D eigenvalue weighted by Crippen LogP contribution is -2.51. The molecule has 1 aliphatic rings. The number of thiophene rings is 1. The standard InChI is InChI=1S/C15H27N3S/c1-12(2)11-17-6-8-18(9-7-17)15(13(3)16)14-5-4-10-19-14/h4-5,10,12-13,15H,6-9,11,16H2,1-3H3. The van der Waals surface area contributed by atoms with Crippen molar-refractivity contribution in [1.29, 1.82) is 0 Å². The number of piperazine rings is 1. The van der Waals surface area contributed by atoms with Crippen molar-refractivity contribution >= 4 is 11.3 Å². The number of hydrogen-bond acceptors (Lipinski definition) is 4. The maximum Gasteiger partial charge on any atom is 0.0591 e. The van der Waals surface area contributed by atoms with E-state index in [2.05, 4.69) is 48.1 Å². The van der Waals surface area contributed by atoms with Crippen LogP contribution in [0.3, 0.4) is 0 Å². The zero-order valence-electron chi connectivity index (χ0n) is 12.4. The Hall–Kier alpha value is -0.420. The molecular weight excluding hydrogens is 254 g/mol. The van der Waals surface area contributed by atoms with Gasteiger partial charge in [-0.25, -0.2) is 0 Å². The molecule has 0 aromatic carbocycles. The first-order valence-corrected chi connectivity index (χ1v) is 8.21. The van der Waals surface area contributed by atoms with Crippen molar-refractivity contribution in [2.24, 2.45) is 11.7 Å². The first kappa shape index (κ1) is 15.0. The molecule has 3 nitrogen and oxygen atoms in total. The molecule has 2 rings (SSSR count). The van der Waals surface area contributed by atoms with Crippen molar-refractivity contribution in [2.75, 3.05) is 32.7 Å². The van der Waals surface area contributed by atoms with Gasteiger partial charge in [0.05, 0.1) is 6.04 Å². The number of nitrogens with two attached hydrogens (primary N) is 1. The number of rotatable bonds is 5. The van der Waals surface area contributed by atoms with Gasteiger partial charge in [0.25, 0.3) is 0 Å². The van der Waals surface area contributed by atoms with Crippen molar-refractivity contribution in [3.05, 3.63) is 22.4 Å². The molecule has 2 N–H and O–H groups in total. The Morgan fingerprint density at radius 2 is 1.89 bits per heavy atom. The Kier molecular flexibility index (Phi) is 5.39. The Bertz CT molecular complexity index is 353. The van der Waals surface area contributed by atoms with Crippen LogP contribution in [-0.4, -0.2) is 48.6 Å². The highest BCUT2D eigenvalue weighted by Gasteiger charge is 2.28. The lowest BCUT2D eigenvalue weighted by Gasteiger charge is -2.40. The van der Waals surface area contributed by atoms with Crippen LogP contribution in [0.4, 0.5) is 0 Å². The van der Waals surface area contributed by atoms with Crippen LogP contribution in [0, 0.1) is 5.92 Å². The summed E-state index contributed by atoms with van der Waals surface area (Å²) in [4.78, 5) is 6.55. The molecule has 108 valence electrons. The second kappa shape index (κ2) is 6.84. The highest BCUT2D eigenvalue weighted by molar-refractivity contribution is 7.10. The molecule has 0 amide bonds. The molecule has 0 spiro atoms. The summed E-state index contributed by atoms with van der Waals surface area (Å²) in [6.45, 7) is 12.6. The van der Waals surface area contributed by atoms with Gasteiger partial charge in [-0.05, 0) is 24.3 Å². The molecule has 1 aromatic rings. The summed E-state index contributed by atoms with van der Waals surface area (Å²) in [6.07, 6.45) is 0. The average Bonchev–Trinajstić information content (AvgIpc) is 2.84. The van der Waals surface area contributed by atoms with Crippen LogP contribution in [0.5, 0.6) is 0 Å². The molecule has 2 heterocycles. The Labute approximate surface area is 121 Å². The van der Waals surface area contributed by atoms with E-state index in [0.717, 1.165) is 19.0 Å². The van der Waals surface area contributed by atoms with Gasteiger partial charge in [0.1, 0.15) is 0 Å². The minimum atomic E-state index is 0.190. The van der Waals surface area contributed by atoms with Crippen LogP contribution in [0.15, 0.2) is 17.5 Å². The van der Waals surface area contributed by atoms with E-state index in [1.54, 1.807) is 0 Å². The first-order valence-electron chi connectivity index (χ1n) is 7.33. The van der Waals surface area contributed by atoms with Crippen molar-refractivity contribution in [3.8, 4) is 0 Å². The van der Waals surface area contributed by atoms with Gasteiger partial charge >= 0.3 is 0 Å². The van der Waals surface area contributed by atoms with E-state index in [4.69, 9.17) is 5.73 Å². The maximum atomic E-state index is 6.23. The van der Waals surface area contributed by atoms with Gasteiger partial charge in [-0.3, -0.25) is 4.90 Å². The molecule has 0 radical (unpaired) electrons. The quantitative estimate of drug-likeness (QED) is 0.899. The summed E-state index contributed by atoms with van der Waals surface area (Å²) in [5.41, 5.74) is 6.23. The Morgan fingerprint density at radius 1 is 1.21 bits per heavy atom. The van der Waals surface area contributed by atoms with E-state index in [1.165, 1.54) is 24.5 Å². The fourth-order valence-corrected chi connectivity index (χ4v) is 3.95. The van der Waals surface area contributed by atoms with E-state index in [0.29, 0.717) is 6.04 Å². The van der Waals surface area contributed by atoms with Gasteiger partial charge in [0, 0.05) is 43.6 Å². The van der Waals surface area contributed by atoms with Gasteiger partial charge in [0.15, 0.2) is 0 Å². The van der Waals surface area contributed by atoms with Crippen LogP contribution in [-0.2, 0) is 0 Å². The largest absolute Gasteiger partial charge is 0.326 e. The third-order valence-electron chi connectivity index (χ3n) is 3.76. The SMILES string of the molecule is CC(C)CN1CCN(C(c2cccs2)C(C)N)CC1. The smallest absolute Gasteiger partial charge is 0.0591 e. The summed E-state index contributed by atoms with van der Waals surface area (Å²) in [6, 6.07) is 4.93. The van der Waals surface area contributed by atoms with Crippen molar-refractivity contribution < 1.29 is 0 Å². The van der Waals surface area contributed by atoms with Crippen LogP contribution in [0.2, 0.25) is 0 Å². The van der Waals surface area contributed by atoms with E-state index in [-0.39, 0.29) is 6.04 Å². The van der Waals surface area contributed by atoms with Crippen molar-refractivity contribution in [1.82, 2.24) is 9.80 Å². The van der Waals surface area contributed by atoms with Crippen molar-refractivity contribution in [3.63, 3.8) is 0 Å². The highest BCUT2D eigenvalue weighted by atomic mass is 32.1. The van der Waals surface area contributed by atoms with Crippen LogP contribution < -0.4 is 5.73 Å². The highest BCUT2D eigenvalue weighted by Crippen LogP contribution is 2.28. The van der Waals surface area contributed by atoms with Crippen LogP contribution in [0.1, 0.15) is 31.7 Å². The van der Waals surface area contributed by atoms with E-state index < -0.39 is 0 Å². The molecule has 1 saturated heterocycles. The summed E-state index contributed by atoms with van der Waals surface area (Å²) in [5, 5.41) is 2.15. The molecule has 0 saturated carbocycles. The predicted molar refractivity (Wildman–Crippen MR) is 83.6 cm³/mol. The van der Waals surface area contributed by atoms with Gasteiger partial charge in [-0.2, -0.15) is 0 Å². The van der Waals surface area contributed by atoms with Gasteiger partial charge in [0.2, 0.25) is 0 Å². The average molecular weight is 281 g/mol. The fourth-order valence-electron chi connectivity index (χ4n) is 2.97. The van der Waals surface area contributed by atoms with Crippen LogP contribution in [0.25, 0.3) is 0 Å². The summed E-state index contributed by atoms with van der Waals surface area (Å²) in [7, 11) is 0. The zero-order chi connectivity index (χ0) is 13.8. The number of nitrogens with zero attached hydrogens (tertiary/aromatic N) is 2. The normalized spacial score (nSPS) is 21.7. The molecule has 2 atom stereocenters. The molecule has 0 aliphatic carbocycles. The van der Waals surface area contributed by atoms with Crippen molar-refractivity contribution in [2.45, 2.75) is 32.9 Å². The second-order valence-electron chi connectivity index (χ2n) is 6.05. The lowest BCUT2D eigenvalue weighted by molar-refractivity contribution is 0.0818. The fraction of sp³-hybridized carbons (Fsp3) is 0.733. The van der Waals surface area contributed by atoms with E-state index >= 15 is 0 Å². The summed E-state index contributed by atoms with van der Waals surface area (Å²) >= 11 is 1.83. The maximum absolute atomic E-state index is 6.23. The summed E-state index contributed by atoms with van der Waals surface area (Å²) < 4.78 is 0. The predicted octanol–water partition coefficient (Wildman–Crippen LogP) is 2.41. The third kappa shape index (κ3) is 4.02. The van der Waals surface area contributed by atoms with Crippen LogP contribution >= 0.6 is 11.3 Å². The molecule has 4 heteroatoms. The molecule has 2 unspecified atom stereocenters. The number of hydrogen-bond donors (Lipinski definition) is 1. The van der Waals surface area contributed by atoms with E-state index in [9.17, 15) is 0 Å². The molecule has 1 aliphatic heterocycles. The Balaban J connectivity index is 1.95. The minimum Gasteiger partial charge on any atom is -0.326 e. The van der Waals surface area contributed by atoms with E-state index in [1.807, 2.05) is 11.3 Å². The zero-order valence-corrected chi connectivity index (χ0v) is 13.2. The van der Waals surface area contributed by atoms with Gasteiger partial charge < -0.3 is 10.6 Å². The monoisotopic (exact) mass is 281 g/mol. The lowest BCUT2D eigenvalue weighted by atomic mass is 10.1. The Morgan fingerprint density at radius 3 is 2.37 bits per heavy atom. The minimum absolute atomic E-state index is 0.190. The molecule has 1 aromatic heterocycles. The molecule has 0 bridgehead atoms. The molecule has 19 heavy (non-hydrogen) atoms. The second-order valence-corrected chi connectivity index (χ2v) is 7.03. The van der Waals surface area contributed by atoms with Gasteiger partial charge in [-0.1, -0.05) is 19.9 Å². The van der Waals surface area contributed by atoms with Gasteiger partial charge in [-0.15, -0.1) is 11.3 Å².